The molecule has 6 aromatic rings. The number of hydrogen-bond acceptors (Lipinski definition) is 9. The molecule has 0 spiro atoms. The van der Waals surface area contributed by atoms with Crippen LogP contribution in [-0.2, 0) is 57.6 Å². The highest BCUT2D eigenvalue weighted by Crippen LogP contribution is 2.22. The van der Waals surface area contributed by atoms with E-state index >= 15 is 0 Å². The largest absolute Gasteiger partial charge is 0.368 e. The number of primary amides is 1. The van der Waals surface area contributed by atoms with E-state index in [1.165, 1.54) is 6.92 Å². The van der Waals surface area contributed by atoms with Gasteiger partial charge in [-0.25, -0.2) is 0 Å². The monoisotopic (exact) mass is 1060 g/mol. The number of para-hydroxylation sites is 3. The fraction of sp³-hybridized carbons (Fsp3) is 0.439. The summed E-state index contributed by atoms with van der Waals surface area (Å²) in [6, 6.07) is 18.3. The van der Waals surface area contributed by atoms with Crippen LogP contribution in [0.25, 0.3) is 32.7 Å². The first-order valence-electron chi connectivity index (χ1n) is 26.8. The maximum absolute atomic E-state index is 13.8. The second-order valence-electron chi connectivity index (χ2n) is 19.8. The first-order valence-corrected chi connectivity index (χ1v) is 26.8. The van der Waals surface area contributed by atoms with Crippen molar-refractivity contribution in [1.29, 1.82) is 0 Å². The molecule has 0 saturated heterocycles. The van der Waals surface area contributed by atoms with Crippen LogP contribution in [0.1, 0.15) is 102 Å². The molecule has 6 rings (SSSR count). The Labute approximate surface area is 448 Å². The minimum absolute atomic E-state index is 0.0577. The Balaban J connectivity index is 1.01. The van der Waals surface area contributed by atoms with Crippen molar-refractivity contribution in [3.8, 4) is 0 Å². The third-order valence-corrected chi connectivity index (χ3v) is 14.0. The minimum atomic E-state index is -0.999. The maximum Gasteiger partial charge on any atom is 0.243 e. The normalized spacial score (nSPS) is 13.7. The van der Waals surface area contributed by atoms with E-state index in [1.54, 1.807) is 6.20 Å². The van der Waals surface area contributed by atoms with Gasteiger partial charge < -0.3 is 63.6 Å². The number of nitrogens with one attached hydrogen (secondary N) is 10. The number of hydrogen-bond donors (Lipinski definition) is 12. The van der Waals surface area contributed by atoms with Gasteiger partial charge in [-0.3, -0.25) is 38.4 Å². The molecule has 8 amide bonds. The number of benzene rings is 3. The molecule has 3 aromatic heterocycles. The van der Waals surface area contributed by atoms with Gasteiger partial charge in [-0.2, -0.15) is 0 Å². The van der Waals surface area contributed by atoms with Gasteiger partial charge in [-0.05, 0) is 92.3 Å². The van der Waals surface area contributed by atoms with Crippen LogP contribution in [-0.4, -0.2) is 112 Å². The molecular formula is C57H76N12O8. The lowest BCUT2D eigenvalue weighted by Gasteiger charge is -2.25. The molecule has 3 heterocycles. The summed E-state index contributed by atoms with van der Waals surface area (Å²) in [4.78, 5) is 116. The highest BCUT2D eigenvalue weighted by molar-refractivity contribution is 5.95. The minimum Gasteiger partial charge on any atom is -0.368 e. The molecule has 14 N–H and O–H groups in total. The predicted octanol–water partition coefficient (Wildman–Crippen LogP) is 3.84. The lowest BCUT2D eigenvalue weighted by atomic mass is 9.97. The van der Waals surface area contributed by atoms with Gasteiger partial charge in [0.2, 0.25) is 47.3 Å². The van der Waals surface area contributed by atoms with Gasteiger partial charge >= 0.3 is 0 Å². The van der Waals surface area contributed by atoms with Crippen molar-refractivity contribution in [1.82, 2.24) is 52.2 Å². The Morgan fingerprint density at radius 1 is 0.506 bits per heavy atom. The molecule has 1 unspecified atom stereocenters. The second kappa shape index (κ2) is 29.3. The topological polar surface area (TPSA) is 320 Å². The Morgan fingerprint density at radius 2 is 0.922 bits per heavy atom. The van der Waals surface area contributed by atoms with Crippen LogP contribution in [0, 0.1) is 5.92 Å². The number of aromatic amines is 3. The maximum atomic E-state index is 13.8. The number of carbonyl (C=O) groups is 8. The highest BCUT2D eigenvalue weighted by atomic mass is 16.2. The van der Waals surface area contributed by atoms with E-state index in [4.69, 9.17) is 11.5 Å². The van der Waals surface area contributed by atoms with E-state index in [0.29, 0.717) is 57.9 Å². The SMILES string of the molecule is CCC(C)[C@H](NC(=O)[C@H](Cc1c[nH]c2ccccc12)NC(=O)CCCCNC(=O)[C@H](Cc1c[nH]c2ccccc12)NC(=O)CCCCNC(=O)[C@H](Cc1c[nH]c2ccccc12)NC(=O)[C@H](CCCCN)NC(C)=O)C(N)=O. The molecule has 20 heteroatoms. The van der Waals surface area contributed by atoms with E-state index in [2.05, 4.69) is 52.2 Å². The number of carbonyl (C=O) groups excluding carboxylic acids is 8. The van der Waals surface area contributed by atoms with Crippen molar-refractivity contribution < 1.29 is 38.4 Å². The number of unbranched alkanes of at least 4 members (excludes halogenated alkanes) is 3. The van der Waals surface area contributed by atoms with Crippen LogP contribution in [0.5, 0.6) is 0 Å². The number of nitrogens with two attached hydrogens (primary N) is 2. The summed E-state index contributed by atoms with van der Waals surface area (Å²) >= 11 is 0. The zero-order chi connectivity index (χ0) is 55.3. The third-order valence-electron chi connectivity index (χ3n) is 14.0. The molecule has 0 fully saturated rings. The number of rotatable bonds is 32. The smallest absolute Gasteiger partial charge is 0.243 e. The molecule has 77 heavy (non-hydrogen) atoms. The molecule has 0 saturated carbocycles. The summed E-state index contributed by atoms with van der Waals surface area (Å²) in [6.07, 6.45) is 9.95. The first-order chi connectivity index (χ1) is 37.1. The average molecular weight is 1060 g/mol. The fourth-order valence-corrected chi connectivity index (χ4v) is 9.48. The van der Waals surface area contributed by atoms with E-state index in [1.807, 2.05) is 99.0 Å². The van der Waals surface area contributed by atoms with Crippen molar-refractivity contribution in [3.63, 3.8) is 0 Å². The second-order valence-corrected chi connectivity index (χ2v) is 19.8. The number of amides is 8. The van der Waals surface area contributed by atoms with Crippen LogP contribution in [0.2, 0.25) is 0 Å². The Bertz CT molecular complexity index is 2960. The quantitative estimate of drug-likeness (QED) is 0.0273. The molecule has 20 nitrogen and oxygen atoms in total. The molecule has 0 aliphatic rings. The molecule has 0 radical (unpaired) electrons. The van der Waals surface area contributed by atoms with Gasteiger partial charge in [0.15, 0.2) is 0 Å². The molecule has 6 atom stereocenters. The molecule has 412 valence electrons. The van der Waals surface area contributed by atoms with Crippen LogP contribution >= 0.6 is 0 Å². The summed E-state index contributed by atoms with van der Waals surface area (Å²) in [6.45, 7) is 5.92. The van der Waals surface area contributed by atoms with Crippen LogP contribution in [0.15, 0.2) is 91.4 Å². The van der Waals surface area contributed by atoms with Crippen molar-refractivity contribution in [2.45, 2.75) is 134 Å². The first kappa shape index (κ1) is 58.3. The molecule has 3 aromatic carbocycles. The zero-order valence-corrected chi connectivity index (χ0v) is 44.4. The molecule has 0 aliphatic heterocycles. The Morgan fingerprint density at radius 3 is 1.34 bits per heavy atom. The van der Waals surface area contributed by atoms with Gasteiger partial charge in [-0.15, -0.1) is 0 Å². The number of fused-ring (bicyclic) bond motifs is 3. The molecule has 0 bridgehead atoms. The summed E-state index contributed by atoms with van der Waals surface area (Å²) in [5, 5.41) is 22.7. The molecule has 0 aliphatic carbocycles. The van der Waals surface area contributed by atoms with Crippen LogP contribution < -0.4 is 48.7 Å². The highest BCUT2D eigenvalue weighted by Gasteiger charge is 2.31. The molecular weight excluding hydrogens is 981 g/mol. The lowest BCUT2D eigenvalue weighted by Crippen LogP contribution is -2.55. The zero-order valence-electron chi connectivity index (χ0n) is 44.4. The Hall–Kier alpha value is -8.00. The summed E-state index contributed by atoms with van der Waals surface area (Å²) < 4.78 is 0. The van der Waals surface area contributed by atoms with Gasteiger partial charge in [0.05, 0.1) is 0 Å². The summed E-state index contributed by atoms with van der Waals surface area (Å²) in [5.41, 5.74) is 16.5. The van der Waals surface area contributed by atoms with Gasteiger partial charge in [0.25, 0.3) is 0 Å². The van der Waals surface area contributed by atoms with Crippen LogP contribution in [0.3, 0.4) is 0 Å². The van der Waals surface area contributed by atoms with Crippen molar-refractivity contribution in [2.75, 3.05) is 19.6 Å². The van der Waals surface area contributed by atoms with Gasteiger partial charge in [-0.1, -0.05) is 74.9 Å². The third kappa shape index (κ3) is 17.3. The van der Waals surface area contributed by atoms with Gasteiger partial charge in [0, 0.05) is 103 Å². The van der Waals surface area contributed by atoms with Gasteiger partial charge in [0.1, 0.15) is 30.2 Å². The Kier molecular flexibility index (Phi) is 22.2. The fourth-order valence-electron chi connectivity index (χ4n) is 9.48. The lowest BCUT2D eigenvalue weighted by molar-refractivity contribution is -0.132. The van der Waals surface area contributed by atoms with E-state index in [-0.39, 0.29) is 68.8 Å². The summed E-state index contributed by atoms with van der Waals surface area (Å²) in [7, 11) is 0. The number of H-pyrrole nitrogens is 3. The number of aromatic nitrogens is 3. The summed E-state index contributed by atoms with van der Waals surface area (Å²) in [5.74, 6) is -3.80. The predicted molar refractivity (Wildman–Crippen MR) is 297 cm³/mol. The van der Waals surface area contributed by atoms with Crippen LogP contribution in [0.4, 0.5) is 0 Å². The van der Waals surface area contributed by atoms with Crippen molar-refractivity contribution in [3.05, 3.63) is 108 Å². The average Bonchev–Trinajstić information content (AvgIpc) is 4.19. The van der Waals surface area contributed by atoms with Crippen molar-refractivity contribution in [2.24, 2.45) is 17.4 Å². The van der Waals surface area contributed by atoms with E-state index in [0.717, 1.165) is 49.4 Å². The van der Waals surface area contributed by atoms with Crippen molar-refractivity contribution >= 4 is 80.0 Å². The van der Waals surface area contributed by atoms with E-state index < -0.39 is 59.7 Å². The van der Waals surface area contributed by atoms with E-state index in [9.17, 15) is 38.4 Å². The standard InChI is InChI=1S/C57H76N12O8/c1-4-35(2)52(53(59)73)69-57(77)49(31-39-34-64-45-22-10-7-19-42(39)45)67-51(72)25-13-15-27-60-54(74)47(29-37-32-62-43-20-8-5-17-40(37)43)66-50(71)24-12-16-28-61-55(75)48(30-38-33-63-44-21-9-6-18-41(38)44)68-56(76)46(65-36(3)70)23-11-14-26-58/h5-10,17-22,32-35,46-49,52,62-64H,4,11-16,23-31,58H2,1-3H3,(H2,59,73)(H,60,74)(H,61,75)(H,65,70)(H,66,71)(H,67,72)(H,68,76)(H,69,77)/t35?,46-,47-,48-,49-,52-/m0/s1.